The van der Waals surface area contributed by atoms with Crippen LogP contribution in [0.25, 0.3) is 0 Å². The molecule has 1 heterocycles. The smallest absolute Gasteiger partial charge is 0.178 e. The Kier molecular flexibility index (Phi) is 2.39. The number of halogens is 1. The number of carbonyl (C=O) groups is 1. The predicted molar refractivity (Wildman–Crippen MR) is 46.7 cm³/mol. The van der Waals surface area contributed by atoms with Gasteiger partial charge in [0.05, 0.1) is 0 Å². The molecule has 0 unspecified atom stereocenters. The van der Waals surface area contributed by atoms with E-state index in [4.69, 9.17) is 0 Å². The van der Waals surface area contributed by atoms with E-state index in [1.807, 2.05) is 19.1 Å². The van der Waals surface area contributed by atoms with E-state index in [1.165, 1.54) is 6.92 Å². The molecule has 1 aromatic heterocycles. The molecule has 0 aliphatic carbocycles. The summed E-state index contributed by atoms with van der Waals surface area (Å²) in [6.45, 7) is 3.39. The van der Waals surface area contributed by atoms with Crippen LogP contribution in [-0.4, -0.2) is 10.8 Å². The predicted octanol–water partition coefficient (Wildman–Crippen LogP) is 2.36. The standard InChI is InChI=1S/C8H8BrNO/c1-5-3-4-7(9)10-8(5)6(2)11/h3-4H,1-2H3. The van der Waals surface area contributed by atoms with Crippen LogP contribution in [0.4, 0.5) is 0 Å². The maximum absolute atomic E-state index is 10.9. The molecular formula is C8H8BrNO. The van der Waals surface area contributed by atoms with Crippen molar-refractivity contribution in [3.05, 3.63) is 28.0 Å². The first-order chi connectivity index (χ1) is 5.11. The van der Waals surface area contributed by atoms with Gasteiger partial charge in [-0.3, -0.25) is 4.79 Å². The van der Waals surface area contributed by atoms with Crippen LogP contribution in [-0.2, 0) is 0 Å². The Morgan fingerprint density at radius 3 is 2.64 bits per heavy atom. The molecule has 0 amide bonds. The van der Waals surface area contributed by atoms with Crippen molar-refractivity contribution >= 4 is 21.7 Å². The van der Waals surface area contributed by atoms with E-state index in [-0.39, 0.29) is 5.78 Å². The fourth-order valence-electron chi connectivity index (χ4n) is 0.861. The number of Topliss-reactive ketones (excluding diaryl/α,β-unsaturated/α-hetero) is 1. The van der Waals surface area contributed by atoms with Crippen LogP contribution in [0.15, 0.2) is 16.7 Å². The third-order valence-corrected chi connectivity index (χ3v) is 1.84. The van der Waals surface area contributed by atoms with E-state index in [0.29, 0.717) is 10.3 Å². The fraction of sp³-hybridized carbons (Fsp3) is 0.250. The Bertz CT molecular complexity index is 296. The average molecular weight is 214 g/mol. The summed E-state index contributed by atoms with van der Waals surface area (Å²) in [6.07, 6.45) is 0. The summed E-state index contributed by atoms with van der Waals surface area (Å²) in [4.78, 5) is 15.0. The van der Waals surface area contributed by atoms with E-state index >= 15 is 0 Å². The van der Waals surface area contributed by atoms with Crippen LogP contribution in [0.2, 0.25) is 0 Å². The van der Waals surface area contributed by atoms with Crippen LogP contribution in [0.1, 0.15) is 23.0 Å². The van der Waals surface area contributed by atoms with Crippen molar-refractivity contribution in [3.63, 3.8) is 0 Å². The summed E-state index contributed by atoms with van der Waals surface area (Å²) < 4.78 is 0.702. The first-order valence-corrected chi connectivity index (χ1v) is 4.04. The van der Waals surface area contributed by atoms with Gasteiger partial charge in [0.25, 0.3) is 0 Å². The fourth-order valence-corrected chi connectivity index (χ4v) is 1.17. The van der Waals surface area contributed by atoms with Crippen molar-refractivity contribution in [2.24, 2.45) is 0 Å². The van der Waals surface area contributed by atoms with E-state index < -0.39 is 0 Å². The number of ketones is 1. The minimum Gasteiger partial charge on any atom is -0.293 e. The molecule has 0 fully saturated rings. The molecule has 1 aromatic rings. The third-order valence-electron chi connectivity index (χ3n) is 1.40. The van der Waals surface area contributed by atoms with E-state index in [0.717, 1.165) is 5.56 Å². The quantitative estimate of drug-likeness (QED) is 0.530. The van der Waals surface area contributed by atoms with Gasteiger partial charge in [-0.15, -0.1) is 0 Å². The molecule has 0 aliphatic rings. The van der Waals surface area contributed by atoms with Crippen molar-refractivity contribution in [1.29, 1.82) is 0 Å². The molecule has 0 atom stereocenters. The maximum atomic E-state index is 10.9. The highest BCUT2D eigenvalue weighted by Gasteiger charge is 2.04. The minimum atomic E-state index is 0.00352. The molecule has 58 valence electrons. The largest absolute Gasteiger partial charge is 0.293 e. The Hall–Kier alpha value is -0.700. The zero-order valence-electron chi connectivity index (χ0n) is 6.39. The molecule has 0 N–H and O–H groups in total. The van der Waals surface area contributed by atoms with Crippen LogP contribution in [0, 0.1) is 6.92 Å². The number of pyridine rings is 1. The zero-order valence-corrected chi connectivity index (χ0v) is 7.97. The Morgan fingerprint density at radius 1 is 1.55 bits per heavy atom. The lowest BCUT2D eigenvalue weighted by Crippen LogP contribution is -1.99. The third kappa shape index (κ3) is 1.87. The van der Waals surface area contributed by atoms with Crippen molar-refractivity contribution < 1.29 is 4.79 Å². The number of hydrogen-bond acceptors (Lipinski definition) is 2. The molecule has 1 rings (SSSR count). The average Bonchev–Trinajstić information content (AvgIpc) is 1.94. The van der Waals surface area contributed by atoms with Gasteiger partial charge >= 0.3 is 0 Å². The molecule has 0 saturated carbocycles. The van der Waals surface area contributed by atoms with Crippen molar-refractivity contribution in [2.75, 3.05) is 0 Å². The molecule has 0 saturated heterocycles. The summed E-state index contributed by atoms with van der Waals surface area (Å²) in [7, 11) is 0. The van der Waals surface area contributed by atoms with Gasteiger partial charge in [0.15, 0.2) is 5.78 Å². The highest BCUT2D eigenvalue weighted by molar-refractivity contribution is 9.10. The summed E-state index contributed by atoms with van der Waals surface area (Å²) in [5.41, 5.74) is 1.46. The lowest BCUT2D eigenvalue weighted by molar-refractivity contribution is 0.101. The lowest BCUT2D eigenvalue weighted by atomic mass is 10.2. The van der Waals surface area contributed by atoms with Crippen molar-refractivity contribution in [2.45, 2.75) is 13.8 Å². The molecule has 11 heavy (non-hydrogen) atoms. The van der Waals surface area contributed by atoms with E-state index in [1.54, 1.807) is 0 Å². The second kappa shape index (κ2) is 3.13. The second-order valence-electron chi connectivity index (χ2n) is 2.36. The van der Waals surface area contributed by atoms with E-state index in [2.05, 4.69) is 20.9 Å². The van der Waals surface area contributed by atoms with Gasteiger partial charge in [-0.2, -0.15) is 0 Å². The van der Waals surface area contributed by atoms with Gasteiger partial charge in [0.1, 0.15) is 10.3 Å². The first-order valence-electron chi connectivity index (χ1n) is 3.25. The number of hydrogen-bond donors (Lipinski definition) is 0. The van der Waals surface area contributed by atoms with Gasteiger partial charge < -0.3 is 0 Å². The van der Waals surface area contributed by atoms with Gasteiger partial charge in [-0.05, 0) is 34.5 Å². The van der Waals surface area contributed by atoms with Crippen LogP contribution < -0.4 is 0 Å². The lowest BCUT2D eigenvalue weighted by Gasteiger charge is -1.99. The zero-order chi connectivity index (χ0) is 8.43. The summed E-state index contributed by atoms with van der Waals surface area (Å²) in [5.74, 6) is 0.00352. The normalized spacial score (nSPS) is 9.73. The molecule has 0 radical (unpaired) electrons. The number of carbonyl (C=O) groups excluding carboxylic acids is 1. The highest BCUT2D eigenvalue weighted by Crippen LogP contribution is 2.11. The highest BCUT2D eigenvalue weighted by atomic mass is 79.9. The number of rotatable bonds is 1. The van der Waals surface area contributed by atoms with Crippen molar-refractivity contribution in [1.82, 2.24) is 4.98 Å². The number of aromatic nitrogens is 1. The molecule has 0 aromatic carbocycles. The molecule has 0 spiro atoms. The van der Waals surface area contributed by atoms with Crippen LogP contribution >= 0.6 is 15.9 Å². The Balaban J connectivity index is 3.23. The SMILES string of the molecule is CC(=O)c1nc(Br)ccc1C. The second-order valence-corrected chi connectivity index (χ2v) is 3.17. The Labute approximate surface area is 73.8 Å². The number of aryl methyl sites for hydroxylation is 1. The Morgan fingerprint density at radius 2 is 2.18 bits per heavy atom. The monoisotopic (exact) mass is 213 g/mol. The summed E-state index contributed by atoms with van der Waals surface area (Å²) in [6, 6.07) is 3.69. The first kappa shape index (κ1) is 8.40. The maximum Gasteiger partial charge on any atom is 0.178 e. The molecule has 0 bridgehead atoms. The molecule has 0 aliphatic heterocycles. The summed E-state index contributed by atoms with van der Waals surface area (Å²) in [5, 5.41) is 0. The van der Waals surface area contributed by atoms with Crippen molar-refractivity contribution in [3.8, 4) is 0 Å². The van der Waals surface area contributed by atoms with Gasteiger partial charge in [-0.1, -0.05) is 6.07 Å². The van der Waals surface area contributed by atoms with Gasteiger partial charge in [-0.25, -0.2) is 4.98 Å². The van der Waals surface area contributed by atoms with Crippen LogP contribution in [0.3, 0.4) is 0 Å². The van der Waals surface area contributed by atoms with Gasteiger partial charge in [0, 0.05) is 6.92 Å². The minimum absolute atomic E-state index is 0.00352. The molecule has 2 nitrogen and oxygen atoms in total. The van der Waals surface area contributed by atoms with Crippen LogP contribution in [0.5, 0.6) is 0 Å². The molecular weight excluding hydrogens is 206 g/mol. The van der Waals surface area contributed by atoms with Gasteiger partial charge in [0.2, 0.25) is 0 Å². The molecule has 3 heteroatoms. The summed E-state index contributed by atoms with van der Waals surface area (Å²) >= 11 is 3.20. The topological polar surface area (TPSA) is 30.0 Å². The van der Waals surface area contributed by atoms with E-state index in [9.17, 15) is 4.79 Å². The number of nitrogens with zero attached hydrogens (tertiary/aromatic N) is 1.